The first-order valence-corrected chi connectivity index (χ1v) is 12.1. The molecule has 0 saturated carbocycles. The lowest BCUT2D eigenvalue weighted by Gasteiger charge is -2.37. The van der Waals surface area contributed by atoms with Crippen molar-refractivity contribution in [3.63, 3.8) is 0 Å². The van der Waals surface area contributed by atoms with E-state index >= 15 is 0 Å². The van der Waals surface area contributed by atoms with Gasteiger partial charge in [0.2, 0.25) is 11.8 Å². The Morgan fingerprint density at radius 3 is 2.78 bits per heavy atom. The highest BCUT2D eigenvalue weighted by Crippen LogP contribution is 2.36. The number of ether oxygens (including phenoxy) is 1. The molecule has 2 aromatic carbocycles. The molecule has 1 aliphatic rings. The number of benzene rings is 2. The molecule has 1 aliphatic heterocycles. The standard InChI is InChI=1S/C28H27ClF2N4O2/c1-4-7-18-8-6-9-19(14-18)23-15-21(29)10-11-22(23)26(36)32-24-16-25(37-3)34-27(33-24)35-13-12-28(30,31)20(5-2)17-35/h4-6,8-11,14-16,20H,1-2,7,12-13,17H2,3H3,(H,32,33,34,36). The van der Waals surface area contributed by atoms with Gasteiger partial charge in [-0.25, -0.2) is 8.78 Å². The minimum absolute atomic E-state index is 0.000560. The lowest BCUT2D eigenvalue weighted by molar-refractivity contribution is -0.0545. The summed E-state index contributed by atoms with van der Waals surface area (Å²) < 4.78 is 33.7. The van der Waals surface area contributed by atoms with Crippen molar-refractivity contribution in [2.75, 3.05) is 30.4 Å². The van der Waals surface area contributed by atoms with Crippen molar-refractivity contribution in [1.82, 2.24) is 9.97 Å². The highest BCUT2D eigenvalue weighted by atomic mass is 35.5. The van der Waals surface area contributed by atoms with E-state index in [1.165, 1.54) is 19.3 Å². The molecule has 1 atom stereocenters. The number of nitrogens with one attached hydrogen (secondary N) is 1. The van der Waals surface area contributed by atoms with Crippen LogP contribution in [0.5, 0.6) is 5.88 Å². The lowest BCUT2D eigenvalue weighted by atomic mass is 9.94. The molecule has 1 N–H and O–H groups in total. The van der Waals surface area contributed by atoms with Crippen LogP contribution in [0.25, 0.3) is 11.1 Å². The van der Waals surface area contributed by atoms with Crippen LogP contribution in [0.1, 0.15) is 22.3 Å². The topological polar surface area (TPSA) is 67.3 Å². The Hall–Kier alpha value is -3.78. The number of aromatic nitrogens is 2. The number of rotatable bonds is 8. The maximum atomic E-state index is 14.2. The number of carbonyl (C=O) groups is 1. The van der Waals surface area contributed by atoms with Crippen LogP contribution in [0.15, 0.2) is 73.8 Å². The Labute approximate surface area is 219 Å². The molecule has 0 spiro atoms. The van der Waals surface area contributed by atoms with Gasteiger partial charge in [0, 0.05) is 36.2 Å². The van der Waals surface area contributed by atoms with Crippen molar-refractivity contribution >= 4 is 29.3 Å². The number of allylic oxidation sites excluding steroid dienone is 1. The van der Waals surface area contributed by atoms with Crippen LogP contribution in [-0.2, 0) is 6.42 Å². The van der Waals surface area contributed by atoms with Crippen LogP contribution >= 0.6 is 11.6 Å². The molecule has 9 heteroatoms. The predicted octanol–water partition coefficient (Wildman–Crippen LogP) is 6.43. The fourth-order valence-electron chi connectivity index (χ4n) is 4.25. The first-order chi connectivity index (χ1) is 17.7. The molecule has 4 rings (SSSR count). The predicted molar refractivity (Wildman–Crippen MR) is 143 cm³/mol. The lowest BCUT2D eigenvalue weighted by Crippen LogP contribution is -2.47. The summed E-state index contributed by atoms with van der Waals surface area (Å²) in [5.41, 5.74) is 2.93. The van der Waals surface area contributed by atoms with Gasteiger partial charge >= 0.3 is 0 Å². The van der Waals surface area contributed by atoms with E-state index in [0.717, 1.165) is 11.1 Å². The summed E-state index contributed by atoms with van der Waals surface area (Å²) in [6, 6.07) is 14.3. The number of anilines is 2. The molecule has 1 fully saturated rings. The average Bonchev–Trinajstić information content (AvgIpc) is 2.88. The van der Waals surface area contributed by atoms with Crippen LogP contribution in [0.2, 0.25) is 5.02 Å². The molecule has 192 valence electrons. The van der Waals surface area contributed by atoms with E-state index in [2.05, 4.69) is 28.4 Å². The summed E-state index contributed by atoms with van der Waals surface area (Å²) in [6.45, 7) is 7.38. The molecule has 1 amide bonds. The summed E-state index contributed by atoms with van der Waals surface area (Å²) in [7, 11) is 1.43. The number of alkyl halides is 2. The third-order valence-electron chi connectivity index (χ3n) is 6.23. The third kappa shape index (κ3) is 5.97. The molecular formula is C28H27ClF2N4O2. The summed E-state index contributed by atoms with van der Waals surface area (Å²) >= 11 is 6.27. The van der Waals surface area contributed by atoms with Crippen molar-refractivity contribution in [3.05, 3.63) is 90.0 Å². The monoisotopic (exact) mass is 524 g/mol. The van der Waals surface area contributed by atoms with Gasteiger partial charge in [-0.2, -0.15) is 9.97 Å². The first kappa shape index (κ1) is 26.3. The number of hydrogen-bond acceptors (Lipinski definition) is 5. The Kier molecular flexibility index (Phi) is 7.88. The SMILES string of the molecule is C=CCc1cccc(-c2cc(Cl)ccc2C(=O)Nc2cc(OC)nc(N3CCC(F)(F)C(C=C)C3)n2)c1. The van der Waals surface area contributed by atoms with E-state index in [9.17, 15) is 13.6 Å². The second-order valence-electron chi connectivity index (χ2n) is 8.73. The normalized spacial score (nSPS) is 16.6. The van der Waals surface area contributed by atoms with Gasteiger partial charge in [-0.1, -0.05) is 48.0 Å². The Morgan fingerprint density at radius 1 is 1.24 bits per heavy atom. The third-order valence-corrected chi connectivity index (χ3v) is 6.46. The molecule has 6 nitrogen and oxygen atoms in total. The number of halogens is 3. The zero-order chi connectivity index (χ0) is 26.6. The molecule has 0 radical (unpaired) electrons. The Bertz CT molecular complexity index is 1330. The molecular weight excluding hydrogens is 498 g/mol. The smallest absolute Gasteiger partial charge is 0.257 e. The van der Waals surface area contributed by atoms with Gasteiger partial charge in [0.25, 0.3) is 11.8 Å². The highest BCUT2D eigenvalue weighted by molar-refractivity contribution is 6.31. The highest BCUT2D eigenvalue weighted by Gasteiger charge is 2.43. The van der Waals surface area contributed by atoms with E-state index in [0.29, 0.717) is 22.6 Å². The Morgan fingerprint density at radius 2 is 2.05 bits per heavy atom. The van der Waals surface area contributed by atoms with Gasteiger partial charge in [0.1, 0.15) is 5.82 Å². The van der Waals surface area contributed by atoms with Crippen LogP contribution in [0.3, 0.4) is 0 Å². The molecule has 0 bridgehead atoms. The summed E-state index contributed by atoms with van der Waals surface area (Å²) in [5.74, 6) is -3.74. The van der Waals surface area contributed by atoms with Crippen molar-refractivity contribution in [3.8, 4) is 17.0 Å². The van der Waals surface area contributed by atoms with Crippen molar-refractivity contribution < 1.29 is 18.3 Å². The minimum atomic E-state index is -2.85. The van der Waals surface area contributed by atoms with Gasteiger partial charge in [0.05, 0.1) is 13.0 Å². The molecule has 2 heterocycles. The number of hydrogen-bond donors (Lipinski definition) is 1. The van der Waals surface area contributed by atoms with E-state index < -0.39 is 17.7 Å². The zero-order valence-electron chi connectivity index (χ0n) is 20.4. The minimum Gasteiger partial charge on any atom is -0.481 e. The quantitative estimate of drug-likeness (QED) is 0.344. The van der Waals surface area contributed by atoms with Gasteiger partial charge < -0.3 is 15.0 Å². The maximum Gasteiger partial charge on any atom is 0.257 e. The van der Waals surface area contributed by atoms with Gasteiger partial charge in [-0.05, 0) is 41.3 Å². The van der Waals surface area contributed by atoms with Gasteiger partial charge in [-0.15, -0.1) is 13.2 Å². The average molecular weight is 525 g/mol. The van der Waals surface area contributed by atoms with Gasteiger partial charge in [0.15, 0.2) is 0 Å². The largest absolute Gasteiger partial charge is 0.481 e. The van der Waals surface area contributed by atoms with Crippen LogP contribution in [-0.4, -0.2) is 42.0 Å². The maximum absolute atomic E-state index is 14.2. The molecule has 1 saturated heterocycles. The second kappa shape index (κ2) is 11.1. The molecule has 1 unspecified atom stereocenters. The van der Waals surface area contributed by atoms with Crippen LogP contribution in [0, 0.1) is 5.92 Å². The second-order valence-corrected chi connectivity index (χ2v) is 9.17. The number of methoxy groups -OCH3 is 1. The molecule has 37 heavy (non-hydrogen) atoms. The van der Waals surface area contributed by atoms with Gasteiger partial charge in [-0.3, -0.25) is 4.79 Å². The summed E-state index contributed by atoms with van der Waals surface area (Å²) in [6.07, 6.45) is 3.40. The molecule has 3 aromatic rings. The fraction of sp³-hybridized carbons (Fsp3) is 0.250. The number of amides is 1. The van der Waals surface area contributed by atoms with Crippen molar-refractivity contribution in [2.24, 2.45) is 5.92 Å². The van der Waals surface area contributed by atoms with E-state index in [1.54, 1.807) is 23.1 Å². The van der Waals surface area contributed by atoms with Crippen LogP contribution < -0.4 is 15.0 Å². The summed E-state index contributed by atoms with van der Waals surface area (Å²) in [5, 5.41) is 3.29. The summed E-state index contributed by atoms with van der Waals surface area (Å²) in [4.78, 5) is 23.8. The number of piperidine rings is 1. The van der Waals surface area contributed by atoms with E-state index in [-0.39, 0.29) is 37.2 Å². The van der Waals surface area contributed by atoms with Crippen molar-refractivity contribution in [2.45, 2.75) is 18.8 Å². The van der Waals surface area contributed by atoms with E-state index in [4.69, 9.17) is 16.3 Å². The molecule has 1 aromatic heterocycles. The van der Waals surface area contributed by atoms with E-state index in [1.807, 2.05) is 30.3 Å². The number of nitrogens with zero attached hydrogens (tertiary/aromatic N) is 3. The molecule has 0 aliphatic carbocycles. The van der Waals surface area contributed by atoms with Crippen molar-refractivity contribution in [1.29, 1.82) is 0 Å². The number of carbonyl (C=O) groups excluding carboxylic acids is 1. The fourth-order valence-corrected chi connectivity index (χ4v) is 4.42. The van der Waals surface area contributed by atoms with Crippen LogP contribution in [0.4, 0.5) is 20.5 Å². The first-order valence-electron chi connectivity index (χ1n) is 11.7. The zero-order valence-corrected chi connectivity index (χ0v) is 21.1. The Balaban J connectivity index is 1.64.